The van der Waals surface area contributed by atoms with Gasteiger partial charge < -0.3 is 10.1 Å². The molecule has 0 atom stereocenters. The molecule has 0 aliphatic carbocycles. The summed E-state index contributed by atoms with van der Waals surface area (Å²) in [6.07, 6.45) is 1.97. The molecule has 0 radical (unpaired) electrons. The second-order valence-corrected chi connectivity index (χ2v) is 5.39. The quantitative estimate of drug-likeness (QED) is 0.887. The number of halogens is 1. The summed E-state index contributed by atoms with van der Waals surface area (Å²) in [5.41, 5.74) is 1.97. The third kappa shape index (κ3) is 3.74. The Morgan fingerprint density at radius 3 is 2.80 bits per heavy atom. The molecule has 1 N–H and O–H groups in total. The molecule has 108 valence electrons. The molecule has 0 amide bonds. The largest absolute Gasteiger partial charge is 0.487 e. The molecular formula is C15H20ClN3O. The van der Waals surface area contributed by atoms with Crippen molar-refractivity contribution in [3.63, 3.8) is 0 Å². The van der Waals surface area contributed by atoms with Gasteiger partial charge in [-0.1, -0.05) is 11.6 Å². The second kappa shape index (κ2) is 6.77. The van der Waals surface area contributed by atoms with Crippen molar-refractivity contribution < 1.29 is 4.74 Å². The van der Waals surface area contributed by atoms with E-state index in [-0.39, 0.29) is 0 Å². The van der Waals surface area contributed by atoms with Crippen molar-refractivity contribution in [1.82, 2.24) is 15.1 Å². The number of nitrogens with one attached hydrogen (secondary N) is 1. The normalized spacial score (nSPS) is 11.1. The van der Waals surface area contributed by atoms with Gasteiger partial charge in [0.1, 0.15) is 12.4 Å². The van der Waals surface area contributed by atoms with Crippen molar-refractivity contribution >= 4 is 11.6 Å². The molecule has 2 aromatic rings. The molecule has 1 aromatic carbocycles. The molecule has 0 spiro atoms. The van der Waals surface area contributed by atoms with E-state index in [1.807, 2.05) is 42.2 Å². The van der Waals surface area contributed by atoms with Crippen molar-refractivity contribution in [2.45, 2.75) is 33.0 Å². The van der Waals surface area contributed by atoms with Crippen LogP contribution in [0.25, 0.3) is 0 Å². The highest BCUT2D eigenvalue weighted by Gasteiger charge is 2.07. The van der Waals surface area contributed by atoms with Gasteiger partial charge in [0.15, 0.2) is 0 Å². The predicted molar refractivity (Wildman–Crippen MR) is 81.2 cm³/mol. The molecule has 1 aromatic heterocycles. The van der Waals surface area contributed by atoms with E-state index >= 15 is 0 Å². The summed E-state index contributed by atoms with van der Waals surface area (Å²) in [7, 11) is 1.90. The van der Waals surface area contributed by atoms with E-state index in [4.69, 9.17) is 16.3 Å². The van der Waals surface area contributed by atoms with Crippen LogP contribution in [0.2, 0.25) is 5.02 Å². The minimum absolute atomic E-state index is 0.360. The third-order valence-corrected chi connectivity index (χ3v) is 3.19. The van der Waals surface area contributed by atoms with Crippen LogP contribution in [0.4, 0.5) is 0 Å². The molecule has 0 unspecified atom stereocenters. The van der Waals surface area contributed by atoms with Gasteiger partial charge in [0, 0.05) is 29.4 Å². The maximum atomic E-state index is 6.01. The molecule has 0 aliphatic heterocycles. The van der Waals surface area contributed by atoms with Gasteiger partial charge in [-0.3, -0.25) is 4.68 Å². The van der Waals surface area contributed by atoms with Crippen LogP contribution in [0.3, 0.4) is 0 Å². The fourth-order valence-corrected chi connectivity index (χ4v) is 2.11. The van der Waals surface area contributed by atoms with E-state index in [1.165, 1.54) is 0 Å². The lowest BCUT2D eigenvalue weighted by atomic mass is 10.2. The highest BCUT2D eigenvalue weighted by atomic mass is 35.5. The maximum Gasteiger partial charge on any atom is 0.132 e. The van der Waals surface area contributed by atoms with Crippen molar-refractivity contribution in [1.29, 1.82) is 0 Å². The Hall–Kier alpha value is -1.52. The summed E-state index contributed by atoms with van der Waals surface area (Å²) >= 11 is 6.01. The van der Waals surface area contributed by atoms with Crippen LogP contribution >= 0.6 is 11.6 Å². The highest BCUT2D eigenvalue weighted by Crippen LogP contribution is 2.23. The van der Waals surface area contributed by atoms with Crippen LogP contribution in [0.1, 0.15) is 31.1 Å². The summed E-state index contributed by atoms with van der Waals surface area (Å²) in [6, 6.07) is 7.99. The zero-order valence-electron chi connectivity index (χ0n) is 12.1. The molecule has 20 heavy (non-hydrogen) atoms. The molecule has 0 saturated carbocycles. The van der Waals surface area contributed by atoms with Crippen LogP contribution in [0, 0.1) is 0 Å². The number of ether oxygens (including phenoxy) is 1. The first-order valence-corrected chi connectivity index (χ1v) is 7.08. The minimum atomic E-state index is 0.360. The zero-order valence-corrected chi connectivity index (χ0v) is 12.8. The maximum absolute atomic E-state index is 6.01. The van der Waals surface area contributed by atoms with Crippen LogP contribution in [-0.4, -0.2) is 16.8 Å². The van der Waals surface area contributed by atoms with Gasteiger partial charge in [-0.2, -0.15) is 5.10 Å². The van der Waals surface area contributed by atoms with Crippen LogP contribution < -0.4 is 10.1 Å². The Morgan fingerprint density at radius 2 is 2.15 bits per heavy atom. The summed E-state index contributed by atoms with van der Waals surface area (Å²) in [5, 5.41) is 8.29. The molecule has 5 heteroatoms. The van der Waals surface area contributed by atoms with E-state index in [2.05, 4.69) is 24.3 Å². The van der Waals surface area contributed by atoms with Crippen molar-refractivity contribution in [2.24, 2.45) is 0 Å². The molecule has 2 rings (SSSR count). The predicted octanol–water partition coefficient (Wildman–Crippen LogP) is 3.42. The Labute approximate surface area is 124 Å². The first-order chi connectivity index (χ1) is 9.60. The lowest BCUT2D eigenvalue weighted by Crippen LogP contribution is -2.08. The lowest BCUT2D eigenvalue weighted by Gasteiger charge is -2.11. The SMILES string of the molecule is CNCc1cc(Cl)ccc1OCc1ccn(C(C)C)n1. The number of hydrogen-bond donors (Lipinski definition) is 1. The monoisotopic (exact) mass is 293 g/mol. The Balaban J connectivity index is 2.06. The second-order valence-electron chi connectivity index (χ2n) is 4.95. The van der Waals surface area contributed by atoms with Gasteiger partial charge in [-0.25, -0.2) is 0 Å². The topological polar surface area (TPSA) is 39.1 Å². The van der Waals surface area contributed by atoms with Crippen molar-refractivity contribution in [3.8, 4) is 5.75 Å². The fourth-order valence-electron chi connectivity index (χ4n) is 1.91. The van der Waals surface area contributed by atoms with Crippen LogP contribution in [-0.2, 0) is 13.2 Å². The average Bonchev–Trinajstić information content (AvgIpc) is 2.87. The van der Waals surface area contributed by atoms with E-state index in [0.717, 1.165) is 23.6 Å². The first kappa shape index (κ1) is 14.9. The van der Waals surface area contributed by atoms with Crippen LogP contribution in [0.5, 0.6) is 5.75 Å². The smallest absolute Gasteiger partial charge is 0.132 e. The number of aromatic nitrogens is 2. The molecule has 1 heterocycles. The van der Waals surface area contributed by atoms with Gasteiger partial charge in [0.05, 0.1) is 5.69 Å². The summed E-state index contributed by atoms with van der Waals surface area (Å²) in [4.78, 5) is 0. The summed E-state index contributed by atoms with van der Waals surface area (Å²) < 4.78 is 7.78. The van der Waals surface area contributed by atoms with E-state index in [9.17, 15) is 0 Å². The van der Waals surface area contributed by atoms with Gasteiger partial charge in [0.2, 0.25) is 0 Å². The molecule has 4 nitrogen and oxygen atoms in total. The van der Waals surface area contributed by atoms with E-state index in [1.54, 1.807) is 0 Å². The molecule has 0 aliphatic rings. The van der Waals surface area contributed by atoms with E-state index < -0.39 is 0 Å². The van der Waals surface area contributed by atoms with Gasteiger partial charge in [-0.05, 0) is 45.2 Å². The molecule has 0 fully saturated rings. The molecule has 0 bridgehead atoms. The molecular weight excluding hydrogens is 274 g/mol. The Bertz CT molecular complexity index is 566. The zero-order chi connectivity index (χ0) is 14.5. The van der Waals surface area contributed by atoms with Gasteiger partial charge in [-0.15, -0.1) is 0 Å². The van der Waals surface area contributed by atoms with E-state index in [0.29, 0.717) is 17.7 Å². The number of benzene rings is 1. The number of rotatable bonds is 6. The average molecular weight is 294 g/mol. The summed E-state index contributed by atoms with van der Waals surface area (Å²) in [5.74, 6) is 0.836. The van der Waals surface area contributed by atoms with Gasteiger partial charge >= 0.3 is 0 Å². The lowest BCUT2D eigenvalue weighted by molar-refractivity contribution is 0.295. The van der Waals surface area contributed by atoms with Crippen molar-refractivity contribution in [2.75, 3.05) is 7.05 Å². The number of hydrogen-bond acceptors (Lipinski definition) is 3. The van der Waals surface area contributed by atoms with Crippen LogP contribution in [0.15, 0.2) is 30.5 Å². The van der Waals surface area contributed by atoms with Crippen molar-refractivity contribution in [3.05, 3.63) is 46.7 Å². The minimum Gasteiger partial charge on any atom is -0.487 e. The first-order valence-electron chi connectivity index (χ1n) is 6.70. The van der Waals surface area contributed by atoms with Gasteiger partial charge in [0.25, 0.3) is 0 Å². The fraction of sp³-hybridized carbons (Fsp3) is 0.400. The standard InChI is InChI=1S/C15H20ClN3O/c1-11(2)19-7-6-14(18-19)10-20-15-5-4-13(16)8-12(15)9-17-3/h4-8,11,17H,9-10H2,1-3H3. The summed E-state index contributed by atoms with van der Waals surface area (Å²) in [6.45, 7) is 5.37. The Morgan fingerprint density at radius 1 is 1.35 bits per heavy atom. The highest BCUT2D eigenvalue weighted by molar-refractivity contribution is 6.30. The third-order valence-electron chi connectivity index (χ3n) is 2.96. The number of nitrogens with zero attached hydrogens (tertiary/aromatic N) is 2. The molecule has 0 saturated heterocycles. The Kier molecular flexibility index (Phi) is 5.04.